The van der Waals surface area contributed by atoms with Crippen LogP contribution in [0, 0.1) is 13.8 Å². The number of nitrogens with one attached hydrogen (secondary N) is 1. The summed E-state index contributed by atoms with van der Waals surface area (Å²) >= 11 is 6.14. The molecule has 0 atom stereocenters. The molecule has 0 spiro atoms. The molecule has 2 rings (SSSR count). The lowest BCUT2D eigenvalue weighted by Gasteiger charge is -2.12. The fourth-order valence-corrected chi connectivity index (χ4v) is 2.24. The minimum Gasteiger partial charge on any atom is -0.494 e. The largest absolute Gasteiger partial charge is 0.494 e. The Labute approximate surface area is 125 Å². The smallest absolute Gasteiger partial charge is 0.119 e. The minimum absolute atomic E-state index is 0.689. The van der Waals surface area contributed by atoms with E-state index in [4.69, 9.17) is 16.3 Å². The van der Waals surface area contributed by atoms with Gasteiger partial charge in [-0.25, -0.2) is 0 Å². The first kappa shape index (κ1) is 14.7. The van der Waals surface area contributed by atoms with Crippen molar-refractivity contribution in [3.63, 3.8) is 0 Å². The summed E-state index contributed by atoms with van der Waals surface area (Å²) in [6.07, 6.45) is 0. The summed E-state index contributed by atoms with van der Waals surface area (Å²) in [5.74, 6) is 0.911. The quantitative estimate of drug-likeness (QED) is 0.839. The summed E-state index contributed by atoms with van der Waals surface area (Å²) in [6, 6.07) is 12.2. The molecule has 2 aromatic rings. The highest BCUT2D eigenvalue weighted by molar-refractivity contribution is 6.31. The second-order valence-electron chi connectivity index (χ2n) is 4.85. The molecular weight excluding hydrogens is 270 g/mol. The van der Waals surface area contributed by atoms with E-state index in [1.165, 1.54) is 11.1 Å². The van der Waals surface area contributed by atoms with Gasteiger partial charge in [-0.2, -0.15) is 0 Å². The van der Waals surface area contributed by atoms with Crippen LogP contribution in [-0.4, -0.2) is 6.61 Å². The summed E-state index contributed by atoms with van der Waals surface area (Å²) in [5.41, 5.74) is 4.57. The SMILES string of the molecule is CCOc1ccc(NCc2ccc(C)c(Cl)c2)c(C)c1. The van der Waals surface area contributed by atoms with Crippen LogP contribution in [0.5, 0.6) is 5.75 Å². The highest BCUT2D eigenvalue weighted by Gasteiger charge is 2.02. The van der Waals surface area contributed by atoms with E-state index < -0.39 is 0 Å². The molecule has 20 heavy (non-hydrogen) atoms. The fraction of sp³-hybridized carbons (Fsp3) is 0.294. The summed E-state index contributed by atoms with van der Waals surface area (Å²) in [5, 5.41) is 4.24. The molecule has 0 aromatic heterocycles. The summed E-state index contributed by atoms with van der Waals surface area (Å²) in [4.78, 5) is 0. The van der Waals surface area contributed by atoms with Gasteiger partial charge >= 0.3 is 0 Å². The third kappa shape index (κ3) is 3.67. The van der Waals surface area contributed by atoms with E-state index in [2.05, 4.69) is 24.4 Å². The summed E-state index contributed by atoms with van der Waals surface area (Å²) < 4.78 is 5.49. The van der Waals surface area contributed by atoms with Crippen molar-refractivity contribution < 1.29 is 4.74 Å². The first-order valence-electron chi connectivity index (χ1n) is 6.82. The molecule has 2 nitrogen and oxygen atoms in total. The van der Waals surface area contributed by atoms with Gasteiger partial charge in [-0.05, 0) is 61.7 Å². The Balaban J connectivity index is 2.05. The first-order chi connectivity index (χ1) is 9.60. The van der Waals surface area contributed by atoms with Gasteiger partial charge in [0, 0.05) is 17.3 Å². The monoisotopic (exact) mass is 289 g/mol. The zero-order valence-corrected chi connectivity index (χ0v) is 12.9. The molecule has 0 radical (unpaired) electrons. The molecule has 0 amide bonds. The Morgan fingerprint density at radius 2 is 1.85 bits per heavy atom. The van der Waals surface area contributed by atoms with Crippen LogP contribution >= 0.6 is 11.6 Å². The third-order valence-corrected chi connectivity index (χ3v) is 3.64. The molecule has 0 aliphatic rings. The highest BCUT2D eigenvalue weighted by atomic mass is 35.5. The molecule has 0 saturated carbocycles. The van der Waals surface area contributed by atoms with Crippen LogP contribution < -0.4 is 10.1 Å². The van der Waals surface area contributed by atoms with Gasteiger partial charge in [0.15, 0.2) is 0 Å². The lowest BCUT2D eigenvalue weighted by molar-refractivity contribution is 0.340. The second-order valence-corrected chi connectivity index (χ2v) is 5.25. The number of ether oxygens (including phenoxy) is 1. The van der Waals surface area contributed by atoms with Crippen LogP contribution in [0.3, 0.4) is 0 Å². The average molecular weight is 290 g/mol. The van der Waals surface area contributed by atoms with Crippen LogP contribution in [-0.2, 0) is 6.54 Å². The van der Waals surface area contributed by atoms with Gasteiger partial charge in [-0.3, -0.25) is 0 Å². The van der Waals surface area contributed by atoms with Crippen LogP contribution in [0.1, 0.15) is 23.6 Å². The molecule has 0 bridgehead atoms. The van der Waals surface area contributed by atoms with Crippen molar-refractivity contribution in [2.75, 3.05) is 11.9 Å². The summed E-state index contributed by atoms with van der Waals surface area (Å²) in [6.45, 7) is 7.52. The first-order valence-corrected chi connectivity index (χ1v) is 7.20. The lowest BCUT2D eigenvalue weighted by atomic mass is 10.1. The van der Waals surface area contributed by atoms with E-state index in [0.29, 0.717) is 6.61 Å². The topological polar surface area (TPSA) is 21.3 Å². The average Bonchev–Trinajstić information content (AvgIpc) is 2.42. The molecular formula is C17H20ClNO. The molecule has 0 heterocycles. The molecule has 0 aliphatic heterocycles. The maximum Gasteiger partial charge on any atom is 0.119 e. The van der Waals surface area contributed by atoms with E-state index in [9.17, 15) is 0 Å². The standard InChI is InChI=1S/C17H20ClNO/c1-4-20-15-7-8-17(13(3)9-15)19-11-14-6-5-12(2)16(18)10-14/h5-10,19H,4,11H2,1-3H3. The van der Waals surface area contributed by atoms with Crippen molar-refractivity contribution in [1.82, 2.24) is 0 Å². The number of benzene rings is 2. The van der Waals surface area contributed by atoms with Gasteiger partial charge in [0.2, 0.25) is 0 Å². The number of hydrogen-bond acceptors (Lipinski definition) is 2. The maximum absolute atomic E-state index is 6.14. The van der Waals surface area contributed by atoms with Gasteiger partial charge in [0.1, 0.15) is 5.75 Å². The molecule has 3 heteroatoms. The Kier molecular flexibility index (Phi) is 4.91. The Hall–Kier alpha value is -1.67. The molecule has 0 unspecified atom stereocenters. The minimum atomic E-state index is 0.689. The van der Waals surface area contributed by atoms with Crippen molar-refractivity contribution in [1.29, 1.82) is 0 Å². The van der Waals surface area contributed by atoms with Crippen LogP contribution in [0.25, 0.3) is 0 Å². The number of anilines is 1. The van der Waals surface area contributed by atoms with E-state index in [1.807, 2.05) is 38.1 Å². The maximum atomic E-state index is 6.14. The van der Waals surface area contributed by atoms with Crippen LogP contribution in [0.2, 0.25) is 5.02 Å². The van der Waals surface area contributed by atoms with E-state index in [-0.39, 0.29) is 0 Å². The molecule has 2 aromatic carbocycles. The van der Waals surface area contributed by atoms with Gasteiger partial charge < -0.3 is 10.1 Å². The van der Waals surface area contributed by atoms with Crippen molar-refractivity contribution in [2.24, 2.45) is 0 Å². The fourth-order valence-electron chi connectivity index (χ4n) is 2.03. The van der Waals surface area contributed by atoms with Gasteiger partial charge in [0.05, 0.1) is 6.61 Å². The van der Waals surface area contributed by atoms with Crippen molar-refractivity contribution in [3.05, 3.63) is 58.1 Å². The van der Waals surface area contributed by atoms with Crippen molar-refractivity contribution in [2.45, 2.75) is 27.3 Å². The second kappa shape index (κ2) is 6.67. The molecule has 0 saturated heterocycles. The Morgan fingerprint density at radius 3 is 2.50 bits per heavy atom. The van der Waals surface area contributed by atoms with E-state index in [0.717, 1.165) is 28.6 Å². The predicted molar refractivity (Wildman–Crippen MR) is 85.9 cm³/mol. The van der Waals surface area contributed by atoms with E-state index in [1.54, 1.807) is 0 Å². The number of rotatable bonds is 5. The normalized spacial score (nSPS) is 10.4. The van der Waals surface area contributed by atoms with Gasteiger partial charge in [-0.15, -0.1) is 0 Å². The zero-order chi connectivity index (χ0) is 14.5. The van der Waals surface area contributed by atoms with E-state index >= 15 is 0 Å². The van der Waals surface area contributed by atoms with Crippen molar-refractivity contribution in [3.8, 4) is 5.75 Å². The third-order valence-electron chi connectivity index (χ3n) is 3.23. The number of halogens is 1. The molecule has 1 N–H and O–H groups in total. The Morgan fingerprint density at radius 1 is 1.05 bits per heavy atom. The van der Waals surface area contributed by atoms with Crippen LogP contribution in [0.15, 0.2) is 36.4 Å². The number of aryl methyl sites for hydroxylation is 2. The molecule has 0 fully saturated rings. The molecule has 106 valence electrons. The summed E-state index contributed by atoms with van der Waals surface area (Å²) in [7, 11) is 0. The number of hydrogen-bond donors (Lipinski definition) is 1. The van der Waals surface area contributed by atoms with Gasteiger partial charge in [0.25, 0.3) is 0 Å². The lowest BCUT2D eigenvalue weighted by Crippen LogP contribution is -2.02. The van der Waals surface area contributed by atoms with Crippen molar-refractivity contribution >= 4 is 17.3 Å². The zero-order valence-electron chi connectivity index (χ0n) is 12.2. The predicted octanol–water partition coefficient (Wildman–Crippen LogP) is 4.97. The molecule has 0 aliphatic carbocycles. The Bertz CT molecular complexity index is 596. The highest BCUT2D eigenvalue weighted by Crippen LogP contribution is 2.23. The van der Waals surface area contributed by atoms with Gasteiger partial charge in [-0.1, -0.05) is 23.7 Å². The van der Waals surface area contributed by atoms with Crippen LogP contribution in [0.4, 0.5) is 5.69 Å².